The van der Waals surface area contributed by atoms with Crippen LogP contribution in [0.2, 0.25) is 0 Å². The van der Waals surface area contributed by atoms with E-state index in [-0.39, 0.29) is 23.6 Å². The molecule has 0 radical (unpaired) electrons. The van der Waals surface area contributed by atoms with Crippen molar-refractivity contribution in [2.75, 3.05) is 13.1 Å². The van der Waals surface area contributed by atoms with E-state index in [1.165, 1.54) is 24.3 Å². The fourth-order valence-corrected chi connectivity index (χ4v) is 3.01. The number of likely N-dealkylation sites (tertiary alicyclic amines) is 1. The predicted molar refractivity (Wildman–Crippen MR) is 91.8 cm³/mol. The fourth-order valence-electron chi connectivity index (χ4n) is 3.01. The first-order valence-electron chi connectivity index (χ1n) is 8.36. The molecule has 2 aromatic rings. The number of rotatable bonds is 3. The molecule has 0 aliphatic carbocycles. The lowest BCUT2D eigenvalue weighted by Gasteiger charge is -2.31. The van der Waals surface area contributed by atoms with Gasteiger partial charge in [-0.2, -0.15) is 0 Å². The van der Waals surface area contributed by atoms with Gasteiger partial charge in [-0.25, -0.2) is 4.39 Å². The SMILES string of the molecule is Cc1cccc(OC(=O)[C@@H]2CCCN(C(=O)c3ccc(F)cc3)C2)c1. The van der Waals surface area contributed by atoms with E-state index in [9.17, 15) is 14.0 Å². The molecule has 4 nitrogen and oxygen atoms in total. The van der Waals surface area contributed by atoms with Gasteiger partial charge in [0.1, 0.15) is 11.6 Å². The summed E-state index contributed by atoms with van der Waals surface area (Å²) in [6, 6.07) is 12.8. The average molecular weight is 341 g/mol. The van der Waals surface area contributed by atoms with Crippen LogP contribution in [0.5, 0.6) is 5.75 Å². The highest BCUT2D eigenvalue weighted by atomic mass is 19.1. The highest BCUT2D eigenvalue weighted by Crippen LogP contribution is 2.22. The molecule has 0 spiro atoms. The summed E-state index contributed by atoms with van der Waals surface area (Å²) in [5, 5.41) is 0. The average Bonchev–Trinajstić information content (AvgIpc) is 2.62. The summed E-state index contributed by atoms with van der Waals surface area (Å²) in [6.45, 7) is 2.84. The Kier molecular flexibility index (Phi) is 5.12. The van der Waals surface area contributed by atoms with Crippen LogP contribution < -0.4 is 4.74 Å². The minimum atomic E-state index is -0.380. The fraction of sp³-hybridized carbons (Fsp3) is 0.300. The Hall–Kier alpha value is -2.69. The molecule has 0 N–H and O–H groups in total. The van der Waals surface area contributed by atoms with Crippen molar-refractivity contribution < 1.29 is 18.7 Å². The number of carbonyl (C=O) groups is 2. The molecule has 0 aromatic heterocycles. The maximum absolute atomic E-state index is 13.0. The van der Waals surface area contributed by atoms with Crippen LogP contribution in [0.3, 0.4) is 0 Å². The number of benzene rings is 2. The first-order chi connectivity index (χ1) is 12.0. The Morgan fingerprint density at radius 2 is 1.92 bits per heavy atom. The van der Waals surface area contributed by atoms with Gasteiger partial charge in [0, 0.05) is 18.7 Å². The van der Waals surface area contributed by atoms with Crippen molar-refractivity contribution in [1.82, 2.24) is 4.90 Å². The molecule has 1 aliphatic rings. The van der Waals surface area contributed by atoms with Gasteiger partial charge in [0.05, 0.1) is 5.92 Å². The molecule has 5 heteroatoms. The monoisotopic (exact) mass is 341 g/mol. The summed E-state index contributed by atoms with van der Waals surface area (Å²) in [6.07, 6.45) is 1.43. The molecule has 0 unspecified atom stereocenters. The van der Waals surface area contributed by atoms with Crippen molar-refractivity contribution >= 4 is 11.9 Å². The third-order valence-electron chi connectivity index (χ3n) is 4.34. The lowest BCUT2D eigenvalue weighted by Crippen LogP contribution is -2.43. The van der Waals surface area contributed by atoms with E-state index in [1.54, 1.807) is 11.0 Å². The van der Waals surface area contributed by atoms with Gasteiger partial charge in [-0.05, 0) is 61.7 Å². The molecule has 1 fully saturated rings. The Morgan fingerprint density at radius 1 is 1.16 bits per heavy atom. The van der Waals surface area contributed by atoms with Gasteiger partial charge < -0.3 is 9.64 Å². The largest absolute Gasteiger partial charge is 0.426 e. The number of carbonyl (C=O) groups excluding carboxylic acids is 2. The Balaban J connectivity index is 1.65. The van der Waals surface area contributed by atoms with E-state index in [0.29, 0.717) is 30.8 Å². The van der Waals surface area contributed by atoms with Gasteiger partial charge in [-0.1, -0.05) is 12.1 Å². The number of aryl methyl sites for hydroxylation is 1. The minimum Gasteiger partial charge on any atom is -0.426 e. The van der Waals surface area contributed by atoms with Crippen LogP contribution in [0.15, 0.2) is 48.5 Å². The van der Waals surface area contributed by atoms with Crippen LogP contribution in [-0.2, 0) is 4.79 Å². The number of hydrogen-bond donors (Lipinski definition) is 0. The molecule has 2 aromatic carbocycles. The summed E-state index contributed by atoms with van der Waals surface area (Å²) in [4.78, 5) is 26.6. The van der Waals surface area contributed by atoms with E-state index in [0.717, 1.165) is 12.0 Å². The molecule has 1 aliphatic heterocycles. The van der Waals surface area contributed by atoms with E-state index in [2.05, 4.69) is 0 Å². The Labute approximate surface area is 146 Å². The highest BCUT2D eigenvalue weighted by molar-refractivity contribution is 5.94. The summed E-state index contributed by atoms with van der Waals surface area (Å²) in [5.74, 6) is -0.712. The number of hydrogen-bond acceptors (Lipinski definition) is 3. The summed E-state index contributed by atoms with van der Waals surface area (Å²) >= 11 is 0. The molecule has 25 heavy (non-hydrogen) atoms. The number of esters is 1. The minimum absolute atomic E-state index is 0.187. The Bertz CT molecular complexity index is 773. The predicted octanol–water partition coefficient (Wildman–Crippen LogP) is 3.59. The van der Waals surface area contributed by atoms with E-state index < -0.39 is 0 Å². The topological polar surface area (TPSA) is 46.6 Å². The van der Waals surface area contributed by atoms with Crippen LogP contribution >= 0.6 is 0 Å². The van der Waals surface area contributed by atoms with Crippen molar-refractivity contribution in [3.8, 4) is 5.75 Å². The van der Waals surface area contributed by atoms with Crippen LogP contribution in [0.4, 0.5) is 4.39 Å². The standard InChI is InChI=1S/C20H20FNO3/c1-14-4-2-6-18(12-14)25-20(24)16-5-3-11-22(13-16)19(23)15-7-9-17(21)10-8-15/h2,4,6-10,12,16H,3,5,11,13H2,1H3/t16-/m1/s1. The molecule has 1 saturated heterocycles. The Morgan fingerprint density at radius 3 is 2.64 bits per heavy atom. The maximum Gasteiger partial charge on any atom is 0.316 e. The molecule has 3 rings (SSSR count). The van der Waals surface area contributed by atoms with E-state index >= 15 is 0 Å². The van der Waals surface area contributed by atoms with Crippen molar-refractivity contribution in [2.24, 2.45) is 5.92 Å². The second-order valence-electron chi connectivity index (χ2n) is 6.33. The van der Waals surface area contributed by atoms with Crippen molar-refractivity contribution in [3.63, 3.8) is 0 Å². The molecular formula is C20H20FNO3. The number of ether oxygens (including phenoxy) is 1. The van der Waals surface area contributed by atoms with Crippen LogP contribution in [0.1, 0.15) is 28.8 Å². The second-order valence-corrected chi connectivity index (χ2v) is 6.33. The molecule has 0 bridgehead atoms. The molecule has 1 heterocycles. The quantitative estimate of drug-likeness (QED) is 0.633. The van der Waals surface area contributed by atoms with Crippen LogP contribution in [0.25, 0.3) is 0 Å². The zero-order chi connectivity index (χ0) is 17.8. The summed E-state index contributed by atoms with van der Waals surface area (Å²) < 4.78 is 18.5. The summed E-state index contributed by atoms with van der Waals surface area (Å²) in [7, 11) is 0. The summed E-state index contributed by atoms with van der Waals surface area (Å²) in [5.41, 5.74) is 1.44. The van der Waals surface area contributed by atoms with E-state index in [4.69, 9.17) is 4.74 Å². The van der Waals surface area contributed by atoms with Crippen molar-refractivity contribution in [3.05, 3.63) is 65.5 Å². The molecule has 1 atom stereocenters. The number of nitrogens with zero attached hydrogens (tertiary/aromatic N) is 1. The third-order valence-corrected chi connectivity index (χ3v) is 4.34. The lowest BCUT2D eigenvalue weighted by atomic mass is 9.97. The number of amides is 1. The smallest absolute Gasteiger partial charge is 0.316 e. The second kappa shape index (κ2) is 7.47. The molecule has 0 saturated carbocycles. The van der Waals surface area contributed by atoms with Gasteiger partial charge in [0.15, 0.2) is 0 Å². The van der Waals surface area contributed by atoms with Crippen molar-refractivity contribution in [2.45, 2.75) is 19.8 Å². The number of piperidine rings is 1. The molecular weight excluding hydrogens is 321 g/mol. The van der Waals surface area contributed by atoms with Crippen molar-refractivity contribution in [1.29, 1.82) is 0 Å². The zero-order valence-electron chi connectivity index (χ0n) is 14.1. The normalized spacial score (nSPS) is 17.2. The van der Waals surface area contributed by atoms with E-state index in [1.807, 2.05) is 25.1 Å². The van der Waals surface area contributed by atoms with Gasteiger partial charge in [0.2, 0.25) is 0 Å². The zero-order valence-corrected chi connectivity index (χ0v) is 14.1. The van der Waals surface area contributed by atoms with Gasteiger partial charge in [0.25, 0.3) is 5.91 Å². The van der Waals surface area contributed by atoms with Gasteiger partial charge in [-0.3, -0.25) is 9.59 Å². The third kappa shape index (κ3) is 4.24. The highest BCUT2D eigenvalue weighted by Gasteiger charge is 2.30. The molecule has 130 valence electrons. The molecule has 1 amide bonds. The lowest BCUT2D eigenvalue weighted by molar-refractivity contribution is -0.140. The van der Waals surface area contributed by atoms with Gasteiger partial charge >= 0.3 is 5.97 Å². The van der Waals surface area contributed by atoms with Gasteiger partial charge in [-0.15, -0.1) is 0 Å². The first kappa shape index (κ1) is 17.1. The number of halogens is 1. The van der Waals surface area contributed by atoms with Crippen LogP contribution in [0, 0.1) is 18.7 Å². The maximum atomic E-state index is 13.0. The first-order valence-corrected chi connectivity index (χ1v) is 8.36. The van der Waals surface area contributed by atoms with Crippen LogP contribution in [-0.4, -0.2) is 29.9 Å².